The molecule has 1 heterocycles. The monoisotopic (exact) mass is 342 g/mol. The van der Waals surface area contributed by atoms with Gasteiger partial charge < -0.3 is 5.32 Å². The minimum absolute atomic E-state index is 0.155. The molecule has 1 aliphatic rings. The number of nitrogens with zero attached hydrogens (tertiary/aromatic N) is 3. The molecule has 1 aliphatic heterocycles. The molecule has 0 saturated carbocycles. The molecule has 2 rings (SSSR count). The average molecular weight is 343 g/mol. The molecule has 0 aromatic heterocycles. The third-order valence-electron chi connectivity index (χ3n) is 3.97. The number of hydrogen-bond acceptors (Lipinski definition) is 5. The highest BCUT2D eigenvalue weighted by atomic mass is 35.5. The maximum atomic E-state index is 11.4. The van der Waals surface area contributed by atoms with E-state index >= 15 is 0 Å². The summed E-state index contributed by atoms with van der Waals surface area (Å²) in [5.74, 6) is -0.787. The molecular weight excluding hydrogens is 328 g/mol. The van der Waals surface area contributed by atoms with Crippen LogP contribution in [0.15, 0.2) is 40.7 Å². The van der Waals surface area contributed by atoms with Crippen LogP contribution < -0.4 is 5.32 Å². The molecule has 6 nitrogen and oxygen atoms in total. The van der Waals surface area contributed by atoms with Crippen molar-refractivity contribution in [1.29, 1.82) is 10.5 Å². The molecule has 0 atom stereocenters. The Balaban J connectivity index is 2.83. The van der Waals surface area contributed by atoms with E-state index in [4.69, 9.17) is 11.6 Å². The van der Waals surface area contributed by atoms with Crippen molar-refractivity contribution in [2.45, 2.75) is 32.6 Å². The second kappa shape index (κ2) is 7.16. The summed E-state index contributed by atoms with van der Waals surface area (Å²) in [6.07, 6.45) is 1.10. The van der Waals surface area contributed by atoms with E-state index < -0.39 is 10.8 Å². The van der Waals surface area contributed by atoms with Crippen LogP contribution in [0.3, 0.4) is 0 Å². The molecule has 0 bridgehead atoms. The fraction of sp³-hybridized carbons (Fsp3) is 0.294. The average Bonchev–Trinajstić information content (AvgIpc) is 2.59. The third kappa shape index (κ3) is 2.97. The van der Waals surface area contributed by atoms with Crippen LogP contribution in [0.1, 0.15) is 38.2 Å². The van der Waals surface area contributed by atoms with Crippen LogP contribution in [-0.2, 0) is 0 Å². The van der Waals surface area contributed by atoms with Crippen LogP contribution in [0.5, 0.6) is 0 Å². The van der Waals surface area contributed by atoms with Gasteiger partial charge in [-0.25, -0.2) is 0 Å². The molecule has 0 radical (unpaired) electrons. The summed E-state index contributed by atoms with van der Waals surface area (Å²) < 4.78 is 0. The lowest BCUT2D eigenvalue weighted by molar-refractivity contribution is -0.385. The van der Waals surface area contributed by atoms with E-state index in [9.17, 15) is 20.6 Å². The highest BCUT2D eigenvalue weighted by Gasteiger charge is 2.35. The molecule has 0 unspecified atom stereocenters. The van der Waals surface area contributed by atoms with Crippen LogP contribution in [0.25, 0.3) is 0 Å². The zero-order valence-electron chi connectivity index (χ0n) is 13.3. The number of halogens is 1. The van der Waals surface area contributed by atoms with Crippen molar-refractivity contribution >= 4 is 17.3 Å². The number of nitrogens with one attached hydrogen (secondary N) is 1. The van der Waals surface area contributed by atoms with Gasteiger partial charge in [-0.05, 0) is 25.0 Å². The van der Waals surface area contributed by atoms with E-state index in [0.717, 1.165) is 0 Å². The maximum Gasteiger partial charge on any atom is 0.273 e. The van der Waals surface area contributed by atoms with Gasteiger partial charge in [-0.1, -0.05) is 25.4 Å². The Hall–Kier alpha value is -2.83. The van der Waals surface area contributed by atoms with Gasteiger partial charge in [-0.2, -0.15) is 10.5 Å². The Morgan fingerprint density at radius 2 is 1.75 bits per heavy atom. The molecule has 122 valence electrons. The maximum absolute atomic E-state index is 11.4. The van der Waals surface area contributed by atoms with E-state index in [0.29, 0.717) is 40.4 Å². The number of nitro benzene ring substituents is 1. The first-order chi connectivity index (χ1) is 11.5. The zero-order valence-corrected chi connectivity index (χ0v) is 14.0. The van der Waals surface area contributed by atoms with Crippen molar-refractivity contribution in [2.24, 2.45) is 0 Å². The number of benzene rings is 1. The van der Waals surface area contributed by atoms with E-state index in [1.54, 1.807) is 0 Å². The smallest absolute Gasteiger partial charge is 0.273 e. The molecule has 1 aromatic rings. The van der Waals surface area contributed by atoms with Gasteiger partial charge in [-0.3, -0.25) is 10.1 Å². The summed E-state index contributed by atoms with van der Waals surface area (Å²) in [6, 6.07) is 8.43. The fourth-order valence-electron chi connectivity index (χ4n) is 2.87. The van der Waals surface area contributed by atoms with Gasteiger partial charge in [0, 0.05) is 28.0 Å². The van der Waals surface area contributed by atoms with Crippen molar-refractivity contribution < 1.29 is 4.92 Å². The predicted molar refractivity (Wildman–Crippen MR) is 89.8 cm³/mol. The Kier molecular flexibility index (Phi) is 5.23. The normalized spacial score (nSPS) is 14.9. The molecule has 1 aromatic carbocycles. The van der Waals surface area contributed by atoms with Crippen molar-refractivity contribution in [3.05, 3.63) is 61.4 Å². The number of nitriles is 2. The number of allylic oxidation sites excluding steroid dienone is 4. The largest absolute Gasteiger partial charge is 0.361 e. The summed E-state index contributed by atoms with van der Waals surface area (Å²) in [7, 11) is 0. The summed E-state index contributed by atoms with van der Waals surface area (Å²) >= 11 is 6.03. The predicted octanol–water partition coefficient (Wildman–Crippen LogP) is 4.31. The summed E-state index contributed by atoms with van der Waals surface area (Å²) in [4.78, 5) is 10.9. The van der Waals surface area contributed by atoms with E-state index in [2.05, 4.69) is 17.5 Å². The molecule has 0 saturated heterocycles. The molecule has 24 heavy (non-hydrogen) atoms. The second-order valence-electron chi connectivity index (χ2n) is 5.23. The number of hydrogen-bond donors (Lipinski definition) is 1. The van der Waals surface area contributed by atoms with Crippen molar-refractivity contribution in [3.8, 4) is 12.1 Å². The van der Waals surface area contributed by atoms with Crippen molar-refractivity contribution in [3.63, 3.8) is 0 Å². The highest BCUT2D eigenvalue weighted by molar-refractivity contribution is 6.30. The number of nitro groups is 1. The van der Waals surface area contributed by atoms with Gasteiger partial charge in [0.15, 0.2) is 0 Å². The van der Waals surface area contributed by atoms with Crippen LogP contribution in [-0.4, -0.2) is 4.92 Å². The second-order valence-corrected chi connectivity index (χ2v) is 5.67. The lowest BCUT2D eigenvalue weighted by atomic mass is 9.80. The molecule has 0 amide bonds. The summed E-state index contributed by atoms with van der Waals surface area (Å²) in [5.41, 5.74) is 2.09. The highest BCUT2D eigenvalue weighted by Crippen LogP contribution is 2.42. The summed E-state index contributed by atoms with van der Waals surface area (Å²) in [5, 5.41) is 34.1. The minimum atomic E-state index is -0.787. The molecule has 0 fully saturated rings. The van der Waals surface area contributed by atoms with E-state index in [-0.39, 0.29) is 11.3 Å². The minimum Gasteiger partial charge on any atom is -0.361 e. The van der Waals surface area contributed by atoms with Crippen molar-refractivity contribution in [1.82, 2.24) is 5.32 Å². The molecule has 1 N–H and O–H groups in total. The van der Waals surface area contributed by atoms with Crippen molar-refractivity contribution in [2.75, 3.05) is 0 Å². The van der Waals surface area contributed by atoms with E-state index in [1.807, 2.05) is 13.8 Å². The van der Waals surface area contributed by atoms with Crippen LogP contribution in [0, 0.1) is 32.8 Å². The first-order valence-corrected chi connectivity index (χ1v) is 7.83. The molecule has 0 spiro atoms. The third-order valence-corrected chi connectivity index (χ3v) is 4.21. The number of rotatable bonds is 4. The lowest BCUT2D eigenvalue weighted by Crippen LogP contribution is -2.26. The zero-order chi connectivity index (χ0) is 17.9. The van der Waals surface area contributed by atoms with Crippen LogP contribution in [0.4, 0.5) is 5.69 Å². The number of dihydropyridines is 1. The van der Waals surface area contributed by atoms with Gasteiger partial charge in [0.25, 0.3) is 5.69 Å². The Morgan fingerprint density at radius 1 is 1.21 bits per heavy atom. The van der Waals surface area contributed by atoms with Gasteiger partial charge in [-0.15, -0.1) is 0 Å². The van der Waals surface area contributed by atoms with Gasteiger partial charge in [0.2, 0.25) is 0 Å². The first kappa shape index (κ1) is 17.5. The molecular formula is C17H15ClN4O2. The first-order valence-electron chi connectivity index (χ1n) is 7.45. The molecule has 0 aliphatic carbocycles. The Bertz CT molecular complexity index is 805. The van der Waals surface area contributed by atoms with Gasteiger partial charge in [0.1, 0.15) is 0 Å². The lowest BCUT2D eigenvalue weighted by Gasteiger charge is -2.28. The molecule has 7 heteroatoms. The fourth-order valence-corrected chi connectivity index (χ4v) is 3.05. The SMILES string of the molecule is CCC1=C(C#N)C(c2cc(Cl)ccc2[N+](=O)[O-])C(C#N)=C(CC)N1. The van der Waals surface area contributed by atoms with Gasteiger partial charge in [0.05, 0.1) is 34.1 Å². The summed E-state index contributed by atoms with van der Waals surface area (Å²) in [6.45, 7) is 3.77. The van der Waals surface area contributed by atoms with Gasteiger partial charge >= 0.3 is 0 Å². The quantitative estimate of drug-likeness (QED) is 0.648. The Labute approximate surface area is 144 Å². The standard InChI is InChI=1S/C17H15ClN4O2/c1-3-14-12(8-19)17(13(9-20)15(4-2)21-14)11-7-10(18)5-6-16(11)22(23)24/h5-7,17,21H,3-4H2,1-2H3. The van der Waals surface area contributed by atoms with E-state index in [1.165, 1.54) is 18.2 Å². The van der Waals surface area contributed by atoms with Crippen LogP contribution in [0.2, 0.25) is 5.02 Å². The van der Waals surface area contributed by atoms with Crippen LogP contribution >= 0.6 is 11.6 Å². The topological polar surface area (TPSA) is 103 Å². The Morgan fingerprint density at radius 3 is 2.17 bits per heavy atom.